The van der Waals surface area contributed by atoms with E-state index >= 15 is 0 Å². The molecule has 1 amide bonds. The molecule has 3 aromatic rings. The van der Waals surface area contributed by atoms with E-state index in [0.29, 0.717) is 15.8 Å². The number of aromatic nitrogens is 2. The van der Waals surface area contributed by atoms with Crippen molar-refractivity contribution in [2.75, 3.05) is 6.61 Å². The molecule has 7 heteroatoms. The molecular weight excluding hydrogens is 474 g/mol. The highest BCUT2D eigenvalue weighted by Gasteiger charge is 2.38. The van der Waals surface area contributed by atoms with Gasteiger partial charge in [0.25, 0.3) is 5.91 Å². The highest BCUT2D eigenvalue weighted by Crippen LogP contribution is 2.39. The minimum absolute atomic E-state index is 0.0188. The van der Waals surface area contributed by atoms with Gasteiger partial charge in [-0.2, -0.15) is 5.10 Å². The summed E-state index contributed by atoms with van der Waals surface area (Å²) in [7, 11) is 0. The minimum atomic E-state index is 0.0188. The summed E-state index contributed by atoms with van der Waals surface area (Å²) in [5, 5.41) is 4.95. The van der Waals surface area contributed by atoms with E-state index in [2.05, 4.69) is 26.0 Å². The summed E-state index contributed by atoms with van der Waals surface area (Å²) in [6.45, 7) is 4.85. The van der Waals surface area contributed by atoms with Crippen LogP contribution in [-0.2, 0) is 4.79 Å². The number of benzene rings is 2. The van der Waals surface area contributed by atoms with Crippen LogP contribution in [0, 0.1) is 6.92 Å². The third-order valence-electron chi connectivity index (χ3n) is 6.49. The smallest absolute Gasteiger partial charge is 0.266 e. The third kappa shape index (κ3) is 4.93. The molecule has 5 nitrogen and oxygen atoms in total. The lowest BCUT2D eigenvalue weighted by atomic mass is 10.0. The van der Waals surface area contributed by atoms with Gasteiger partial charge in [0, 0.05) is 23.4 Å². The van der Waals surface area contributed by atoms with Crippen LogP contribution in [0.5, 0.6) is 5.75 Å². The zero-order chi connectivity index (χ0) is 24.4. The molecule has 1 saturated carbocycles. The average Bonchev–Trinajstić information content (AvgIpc) is 3.59. The van der Waals surface area contributed by atoms with Crippen molar-refractivity contribution < 1.29 is 9.53 Å². The Hall–Kier alpha value is -2.90. The summed E-state index contributed by atoms with van der Waals surface area (Å²) >= 11 is 7.02. The van der Waals surface area contributed by atoms with Crippen LogP contribution in [-0.4, -0.2) is 37.6 Å². The molecule has 1 saturated heterocycles. The van der Waals surface area contributed by atoms with Gasteiger partial charge in [0.1, 0.15) is 15.8 Å². The summed E-state index contributed by atoms with van der Waals surface area (Å²) in [6.07, 6.45) is 9.29. The van der Waals surface area contributed by atoms with E-state index in [4.69, 9.17) is 22.1 Å². The van der Waals surface area contributed by atoms with Crippen LogP contribution in [0.15, 0.2) is 59.6 Å². The van der Waals surface area contributed by atoms with Crippen molar-refractivity contribution in [2.45, 2.75) is 52.0 Å². The van der Waals surface area contributed by atoms with Gasteiger partial charge >= 0.3 is 0 Å². The van der Waals surface area contributed by atoms with Crippen molar-refractivity contribution in [1.82, 2.24) is 14.7 Å². The van der Waals surface area contributed by atoms with Gasteiger partial charge in [-0.3, -0.25) is 9.69 Å². The first-order chi connectivity index (χ1) is 17.0. The fraction of sp³-hybridized carbons (Fsp3) is 0.321. The quantitative estimate of drug-likeness (QED) is 0.263. The van der Waals surface area contributed by atoms with Crippen LogP contribution in [0.2, 0.25) is 0 Å². The molecule has 1 aliphatic carbocycles. The maximum Gasteiger partial charge on any atom is 0.266 e. The van der Waals surface area contributed by atoms with Gasteiger partial charge in [-0.15, -0.1) is 0 Å². The SMILES string of the molecule is CCCOc1ccc(-c2nn(-c3ccccc3)cc2/C=C2\SC(=S)N(C3CCCC3)C2=O)c(C)c1. The van der Waals surface area contributed by atoms with Gasteiger partial charge in [-0.25, -0.2) is 4.68 Å². The van der Waals surface area contributed by atoms with Gasteiger partial charge in [-0.1, -0.05) is 61.9 Å². The fourth-order valence-electron chi connectivity index (χ4n) is 4.73. The summed E-state index contributed by atoms with van der Waals surface area (Å²) in [5.74, 6) is 0.875. The number of carbonyl (C=O) groups excluding carboxylic acids is 1. The van der Waals surface area contributed by atoms with Crippen molar-refractivity contribution in [3.05, 3.63) is 70.8 Å². The molecule has 0 radical (unpaired) electrons. The summed E-state index contributed by atoms with van der Waals surface area (Å²) < 4.78 is 8.36. The van der Waals surface area contributed by atoms with Crippen LogP contribution in [0.3, 0.4) is 0 Å². The number of hydrogen-bond donors (Lipinski definition) is 0. The van der Waals surface area contributed by atoms with Gasteiger partial charge in [-0.05, 0) is 68.2 Å². The van der Waals surface area contributed by atoms with E-state index < -0.39 is 0 Å². The maximum absolute atomic E-state index is 13.3. The van der Waals surface area contributed by atoms with Crippen LogP contribution >= 0.6 is 24.0 Å². The monoisotopic (exact) mass is 503 g/mol. The topological polar surface area (TPSA) is 47.4 Å². The number of amides is 1. The van der Waals surface area contributed by atoms with Gasteiger partial charge in [0.15, 0.2) is 0 Å². The zero-order valence-corrected chi connectivity index (χ0v) is 21.7. The molecule has 2 aromatic carbocycles. The first-order valence-electron chi connectivity index (χ1n) is 12.2. The Labute approximate surface area is 216 Å². The van der Waals surface area contributed by atoms with Crippen molar-refractivity contribution >= 4 is 40.3 Å². The lowest BCUT2D eigenvalue weighted by Gasteiger charge is -2.21. The fourth-order valence-corrected chi connectivity index (χ4v) is 6.12. The van der Waals surface area contributed by atoms with Crippen LogP contribution in [0.4, 0.5) is 0 Å². The number of ether oxygens (including phenoxy) is 1. The second kappa shape index (κ2) is 10.4. The normalized spacial score (nSPS) is 17.7. The van der Waals surface area contributed by atoms with Crippen LogP contribution in [0.25, 0.3) is 23.0 Å². The largest absolute Gasteiger partial charge is 0.494 e. The number of nitrogens with zero attached hydrogens (tertiary/aromatic N) is 3. The molecule has 1 aliphatic heterocycles. The Morgan fingerprint density at radius 3 is 2.66 bits per heavy atom. The molecule has 35 heavy (non-hydrogen) atoms. The number of thioether (sulfide) groups is 1. The molecule has 2 heterocycles. The number of hydrogen-bond acceptors (Lipinski definition) is 5. The lowest BCUT2D eigenvalue weighted by molar-refractivity contribution is -0.123. The Balaban J connectivity index is 1.55. The second-order valence-corrected chi connectivity index (χ2v) is 10.7. The van der Waals surface area contributed by atoms with Crippen molar-refractivity contribution in [2.24, 2.45) is 0 Å². The number of rotatable bonds is 7. The molecule has 0 atom stereocenters. The molecule has 0 unspecified atom stereocenters. The molecule has 0 spiro atoms. The summed E-state index contributed by atoms with van der Waals surface area (Å²) in [5.41, 5.74) is 4.78. The Kier molecular flexibility index (Phi) is 7.07. The van der Waals surface area contributed by atoms with Crippen LogP contribution in [0.1, 0.15) is 50.2 Å². The van der Waals surface area contributed by atoms with Gasteiger partial charge < -0.3 is 4.74 Å². The first kappa shape index (κ1) is 23.8. The van der Waals surface area contributed by atoms with E-state index in [0.717, 1.165) is 65.9 Å². The minimum Gasteiger partial charge on any atom is -0.494 e. The zero-order valence-electron chi connectivity index (χ0n) is 20.1. The number of carbonyl (C=O) groups is 1. The van der Waals surface area contributed by atoms with E-state index in [1.165, 1.54) is 11.8 Å². The summed E-state index contributed by atoms with van der Waals surface area (Å²) in [4.78, 5) is 15.9. The predicted molar refractivity (Wildman–Crippen MR) is 147 cm³/mol. The molecule has 1 aromatic heterocycles. The molecule has 5 rings (SSSR count). The summed E-state index contributed by atoms with van der Waals surface area (Å²) in [6, 6.07) is 16.4. The third-order valence-corrected chi connectivity index (χ3v) is 7.82. The van der Waals surface area contributed by atoms with Gasteiger partial charge in [0.05, 0.1) is 17.2 Å². The van der Waals surface area contributed by atoms with Crippen LogP contribution < -0.4 is 4.74 Å². The lowest BCUT2D eigenvalue weighted by Crippen LogP contribution is -2.36. The number of para-hydroxylation sites is 1. The van der Waals surface area contributed by atoms with Crippen molar-refractivity contribution in [3.8, 4) is 22.7 Å². The first-order valence-corrected chi connectivity index (χ1v) is 13.4. The van der Waals surface area contributed by atoms with Crippen molar-refractivity contribution in [1.29, 1.82) is 0 Å². The molecule has 2 aliphatic rings. The molecule has 2 fully saturated rings. The van der Waals surface area contributed by atoms with Crippen molar-refractivity contribution in [3.63, 3.8) is 0 Å². The second-order valence-electron chi connectivity index (χ2n) is 9.03. The Morgan fingerprint density at radius 1 is 1.17 bits per heavy atom. The number of thiocarbonyl (C=S) groups is 1. The molecular formula is C28H29N3O2S2. The maximum atomic E-state index is 13.3. The van der Waals surface area contributed by atoms with E-state index in [1.807, 2.05) is 58.3 Å². The Morgan fingerprint density at radius 2 is 1.94 bits per heavy atom. The highest BCUT2D eigenvalue weighted by atomic mass is 32.2. The molecule has 0 bridgehead atoms. The average molecular weight is 504 g/mol. The number of aryl methyl sites for hydroxylation is 1. The standard InChI is InChI=1S/C28H29N3O2S2/c1-3-15-33-23-13-14-24(19(2)16-23)26-20(18-30(29-26)21-9-5-4-6-10-21)17-25-27(32)31(28(34)35-25)22-11-7-8-12-22/h4-6,9-10,13-14,16-18,22H,3,7-8,11-12,15H2,1-2H3/b25-17-. The predicted octanol–water partition coefficient (Wildman–Crippen LogP) is 6.78. The van der Waals surface area contributed by atoms with E-state index in [1.54, 1.807) is 0 Å². The molecule has 180 valence electrons. The highest BCUT2D eigenvalue weighted by molar-refractivity contribution is 8.26. The van der Waals surface area contributed by atoms with E-state index in [-0.39, 0.29) is 11.9 Å². The Bertz CT molecular complexity index is 1280. The van der Waals surface area contributed by atoms with Gasteiger partial charge in [0.2, 0.25) is 0 Å². The van der Waals surface area contributed by atoms with E-state index in [9.17, 15) is 4.79 Å². The molecule has 0 N–H and O–H groups in total.